The Morgan fingerprint density at radius 3 is 2.55 bits per heavy atom. The highest BCUT2D eigenvalue weighted by Crippen LogP contribution is 2.36. The molecule has 2 fully saturated rings. The van der Waals surface area contributed by atoms with Gasteiger partial charge in [-0.1, -0.05) is 49.9 Å². The van der Waals surface area contributed by atoms with E-state index in [-0.39, 0.29) is 12.3 Å². The van der Waals surface area contributed by atoms with Crippen LogP contribution in [-0.4, -0.2) is 60.3 Å². The van der Waals surface area contributed by atoms with Crippen molar-refractivity contribution in [1.29, 1.82) is 0 Å². The molecule has 1 aromatic carbocycles. The zero-order valence-corrected chi connectivity index (χ0v) is 22.5. The molecule has 3 heterocycles. The fraction of sp³-hybridized carbons (Fsp3) is 0.448. The molecule has 3 aromatic rings. The van der Waals surface area contributed by atoms with Crippen LogP contribution in [0.3, 0.4) is 0 Å². The van der Waals surface area contributed by atoms with Crippen LogP contribution in [0.2, 0.25) is 0 Å². The van der Waals surface area contributed by atoms with Crippen LogP contribution in [0.1, 0.15) is 38.5 Å². The summed E-state index contributed by atoms with van der Waals surface area (Å²) in [6.07, 6.45) is 6.86. The number of benzene rings is 1. The van der Waals surface area contributed by atoms with Crippen molar-refractivity contribution in [3.8, 4) is 22.4 Å². The molecular weight excluding hydrogens is 500 g/mol. The molecular formula is C29H34N4O4S. The number of morpholine rings is 1. The van der Waals surface area contributed by atoms with Gasteiger partial charge in [0.25, 0.3) is 0 Å². The van der Waals surface area contributed by atoms with E-state index in [0.29, 0.717) is 30.7 Å². The van der Waals surface area contributed by atoms with Crippen molar-refractivity contribution in [2.75, 3.05) is 43.2 Å². The van der Waals surface area contributed by atoms with Crippen molar-refractivity contribution in [2.45, 2.75) is 38.5 Å². The molecule has 200 valence electrons. The van der Waals surface area contributed by atoms with Gasteiger partial charge in [0, 0.05) is 48.8 Å². The molecule has 5 rings (SSSR count). The lowest BCUT2D eigenvalue weighted by molar-refractivity contribution is -0.140. The first-order valence-electron chi connectivity index (χ1n) is 13.3. The lowest BCUT2D eigenvalue weighted by Crippen LogP contribution is -2.36. The topological polar surface area (TPSA) is 95.9 Å². The third kappa shape index (κ3) is 6.05. The average Bonchev–Trinajstić information content (AvgIpc) is 3.65. The SMILES string of the molecule is CN(C(=O)[C@@H](CC(=O)O)CC1CCCC1)c1nc(-c2ccccc2-c2ccc(N3CCOCC3)nc2)cs1. The molecule has 0 radical (unpaired) electrons. The number of carboxylic acids is 1. The molecule has 1 atom stereocenters. The first-order chi connectivity index (χ1) is 18.5. The van der Waals surface area contributed by atoms with E-state index in [2.05, 4.69) is 17.0 Å². The van der Waals surface area contributed by atoms with Crippen molar-refractivity contribution in [3.05, 3.63) is 48.0 Å². The second-order valence-corrected chi connectivity index (χ2v) is 11.0. The predicted octanol–water partition coefficient (Wildman–Crippen LogP) is 5.34. The van der Waals surface area contributed by atoms with Gasteiger partial charge in [-0.05, 0) is 30.0 Å². The van der Waals surface area contributed by atoms with E-state index in [1.54, 1.807) is 7.05 Å². The monoisotopic (exact) mass is 534 g/mol. The number of amides is 1. The summed E-state index contributed by atoms with van der Waals surface area (Å²) in [5.41, 5.74) is 3.76. The zero-order valence-electron chi connectivity index (χ0n) is 21.7. The molecule has 1 saturated carbocycles. The van der Waals surface area contributed by atoms with Crippen molar-refractivity contribution in [2.24, 2.45) is 11.8 Å². The number of hydrogen-bond acceptors (Lipinski definition) is 7. The number of nitrogens with zero attached hydrogens (tertiary/aromatic N) is 4. The summed E-state index contributed by atoms with van der Waals surface area (Å²) >= 11 is 1.40. The molecule has 38 heavy (non-hydrogen) atoms. The van der Waals surface area contributed by atoms with Gasteiger partial charge in [-0.2, -0.15) is 0 Å². The first-order valence-corrected chi connectivity index (χ1v) is 14.2. The molecule has 1 N–H and O–H groups in total. The molecule has 9 heteroatoms. The lowest BCUT2D eigenvalue weighted by atomic mass is 9.90. The second kappa shape index (κ2) is 12.0. The third-order valence-corrected chi connectivity index (χ3v) is 8.49. The number of carboxylic acid groups (broad SMARTS) is 1. The number of aromatic nitrogens is 2. The van der Waals surface area contributed by atoms with Crippen LogP contribution in [0.25, 0.3) is 22.4 Å². The normalized spacial score (nSPS) is 16.9. The molecule has 2 aromatic heterocycles. The van der Waals surface area contributed by atoms with Crippen LogP contribution in [0.4, 0.5) is 10.9 Å². The minimum Gasteiger partial charge on any atom is -0.481 e. The van der Waals surface area contributed by atoms with Crippen molar-refractivity contribution < 1.29 is 19.4 Å². The van der Waals surface area contributed by atoms with E-state index >= 15 is 0 Å². The van der Waals surface area contributed by atoms with Crippen molar-refractivity contribution >= 4 is 34.2 Å². The number of thiazole rings is 1. The molecule has 0 unspecified atom stereocenters. The van der Waals surface area contributed by atoms with Gasteiger partial charge >= 0.3 is 5.97 Å². The minimum atomic E-state index is -0.934. The van der Waals surface area contributed by atoms with Crippen LogP contribution in [0.5, 0.6) is 0 Å². The maximum absolute atomic E-state index is 13.4. The largest absolute Gasteiger partial charge is 0.481 e. The highest BCUT2D eigenvalue weighted by Gasteiger charge is 2.30. The Morgan fingerprint density at radius 1 is 1.13 bits per heavy atom. The van der Waals surface area contributed by atoms with E-state index in [9.17, 15) is 14.7 Å². The van der Waals surface area contributed by atoms with E-state index < -0.39 is 11.9 Å². The molecule has 1 aliphatic carbocycles. The summed E-state index contributed by atoms with van der Waals surface area (Å²) in [7, 11) is 1.70. The number of hydrogen-bond donors (Lipinski definition) is 1. The average molecular weight is 535 g/mol. The Bertz CT molecular complexity index is 1250. The Kier molecular flexibility index (Phi) is 8.34. The van der Waals surface area contributed by atoms with E-state index in [4.69, 9.17) is 14.7 Å². The molecule has 1 amide bonds. The quantitative estimate of drug-likeness (QED) is 0.396. The zero-order chi connectivity index (χ0) is 26.5. The maximum Gasteiger partial charge on any atom is 0.304 e. The smallest absolute Gasteiger partial charge is 0.304 e. The fourth-order valence-corrected chi connectivity index (χ4v) is 6.32. The van der Waals surface area contributed by atoms with Crippen LogP contribution in [0, 0.1) is 11.8 Å². The number of anilines is 2. The summed E-state index contributed by atoms with van der Waals surface area (Å²) in [5, 5.41) is 12.0. The summed E-state index contributed by atoms with van der Waals surface area (Å²) in [5.74, 6) is -0.262. The molecule has 0 spiro atoms. The standard InChI is InChI=1S/C29H34N4O4S/c1-32(28(36)22(17-27(34)35)16-20-6-2-3-7-20)29-31-25(19-38-29)24-9-5-4-8-23(24)21-10-11-26(30-18-21)33-12-14-37-15-13-33/h4-5,8-11,18-20,22H,2-3,6-7,12-17H2,1H3,(H,34,35)/t22-/m1/s1. The van der Waals surface area contributed by atoms with E-state index in [1.165, 1.54) is 16.2 Å². The highest BCUT2D eigenvalue weighted by atomic mass is 32.1. The fourth-order valence-electron chi connectivity index (χ4n) is 5.52. The molecule has 1 aliphatic heterocycles. The lowest BCUT2D eigenvalue weighted by Gasteiger charge is -2.27. The van der Waals surface area contributed by atoms with Gasteiger partial charge in [0.1, 0.15) is 5.82 Å². The van der Waals surface area contributed by atoms with Crippen LogP contribution in [-0.2, 0) is 14.3 Å². The van der Waals surface area contributed by atoms with E-state index in [1.807, 2.05) is 35.8 Å². The molecule has 2 aliphatic rings. The Labute approximate surface area is 227 Å². The van der Waals surface area contributed by atoms with Gasteiger partial charge < -0.3 is 14.7 Å². The Hall–Kier alpha value is -3.30. The second-order valence-electron chi connectivity index (χ2n) is 10.1. The van der Waals surface area contributed by atoms with Crippen LogP contribution in [0.15, 0.2) is 48.0 Å². The number of aliphatic carboxylic acids is 1. The first kappa shape index (κ1) is 26.3. The van der Waals surface area contributed by atoms with Gasteiger partial charge in [0.2, 0.25) is 5.91 Å². The van der Waals surface area contributed by atoms with Crippen molar-refractivity contribution in [3.63, 3.8) is 0 Å². The van der Waals surface area contributed by atoms with E-state index in [0.717, 1.165) is 67.0 Å². The van der Waals surface area contributed by atoms with Crippen LogP contribution < -0.4 is 9.80 Å². The number of carbonyl (C=O) groups is 2. The van der Waals surface area contributed by atoms with Gasteiger partial charge in [0.15, 0.2) is 5.13 Å². The van der Waals surface area contributed by atoms with Gasteiger partial charge in [-0.25, -0.2) is 9.97 Å². The summed E-state index contributed by atoms with van der Waals surface area (Å²) < 4.78 is 5.45. The molecule has 8 nitrogen and oxygen atoms in total. The Balaban J connectivity index is 1.34. The maximum atomic E-state index is 13.4. The Morgan fingerprint density at radius 2 is 1.87 bits per heavy atom. The predicted molar refractivity (Wildman–Crippen MR) is 150 cm³/mol. The minimum absolute atomic E-state index is 0.145. The molecule has 1 saturated heterocycles. The van der Waals surface area contributed by atoms with Gasteiger partial charge in [0.05, 0.1) is 25.3 Å². The number of carbonyl (C=O) groups excluding carboxylic acids is 1. The van der Waals surface area contributed by atoms with Crippen LogP contribution >= 0.6 is 11.3 Å². The summed E-state index contributed by atoms with van der Waals surface area (Å²) in [4.78, 5) is 38.2. The van der Waals surface area contributed by atoms with Gasteiger partial charge in [-0.3, -0.25) is 14.5 Å². The molecule has 0 bridgehead atoms. The third-order valence-electron chi connectivity index (χ3n) is 7.57. The number of ether oxygens (including phenoxy) is 1. The summed E-state index contributed by atoms with van der Waals surface area (Å²) in [6.45, 7) is 3.11. The summed E-state index contributed by atoms with van der Waals surface area (Å²) in [6, 6.07) is 12.2. The van der Waals surface area contributed by atoms with Gasteiger partial charge in [-0.15, -0.1) is 11.3 Å². The number of rotatable bonds is 9. The number of pyridine rings is 1. The highest BCUT2D eigenvalue weighted by molar-refractivity contribution is 7.14. The van der Waals surface area contributed by atoms with Crippen molar-refractivity contribution in [1.82, 2.24) is 9.97 Å².